The van der Waals surface area contributed by atoms with E-state index in [0.29, 0.717) is 24.9 Å². The van der Waals surface area contributed by atoms with Crippen LogP contribution in [0.1, 0.15) is 18.4 Å². The van der Waals surface area contributed by atoms with Gasteiger partial charge >= 0.3 is 0 Å². The van der Waals surface area contributed by atoms with Crippen molar-refractivity contribution in [3.63, 3.8) is 0 Å². The summed E-state index contributed by atoms with van der Waals surface area (Å²) in [5.41, 5.74) is 1.04. The largest absolute Gasteiger partial charge is 0.454 e. The Morgan fingerprint density at radius 1 is 1.24 bits per heavy atom. The van der Waals surface area contributed by atoms with E-state index < -0.39 is 0 Å². The van der Waals surface area contributed by atoms with Crippen molar-refractivity contribution >= 4 is 5.78 Å². The molecule has 2 aliphatic carbocycles. The molecule has 0 amide bonds. The van der Waals surface area contributed by atoms with Crippen LogP contribution in [0.2, 0.25) is 0 Å². The molecule has 0 saturated heterocycles. The summed E-state index contributed by atoms with van der Waals surface area (Å²) in [5.74, 6) is 3.94. The fourth-order valence-corrected chi connectivity index (χ4v) is 3.09. The zero-order valence-electron chi connectivity index (χ0n) is 9.52. The fraction of sp³-hybridized carbons (Fsp3) is 0.500. The number of carbonyl (C=O) groups excluding carboxylic acids is 1. The maximum absolute atomic E-state index is 12.1. The van der Waals surface area contributed by atoms with Gasteiger partial charge in [-0.2, -0.15) is 0 Å². The number of carbonyl (C=O) groups is 1. The predicted octanol–water partition coefficient (Wildman–Crippen LogP) is 2.18. The maximum atomic E-state index is 12.1. The minimum Gasteiger partial charge on any atom is -0.454 e. The smallest absolute Gasteiger partial charge is 0.231 e. The standard InChI is InChI=1S/C14H14O3/c15-12(11-6-9-5-10(9)11)3-8-1-2-13-14(4-8)17-7-16-13/h1-2,4,9-11H,3,5-7H2. The molecule has 88 valence electrons. The van der Waals surface area contributed by atoms with Gasteiger partial charge < -0.3 is 9.47 Å². The van der Waals surface area contributed by atoms with Crippen molar-refractivity contribution < 1.29 is 14.3 Å². The first-order valence-electron chi connectivity index (χ1n) is 6.22. The lowest BCUT2D eigenvalue weighted by Crippen LogP contribution is -2.26. The summed E-state index contributed by atoms with van der Waals surface area (Å²) >= 11 is 0. The van der Waals surface area contributed by atoms with Crippen molar-refractivity contribution in [2.24, 2.45) is 17.8 Å². The van der Waals surface area contributed by atoms with E-state index in [2.05, 4.69) is 0 Å². The Hall–Kier alpha value is -1.51. The molecule has 1 aromatic rings. The number of fused-ring (bicyclic) bond motifs is 2. The van der Waals surface area contributed by atoms with E-state index in [0.717, 1.165) is 35.3 Å². The van der Waals surface area contributed by atoms with Gasteiger partial charge in [0.1, 0.15) is 5.78 Å². The van der Waals surface area contributed by atoms with Crippen molar-refractivity contribution in [3.8, 4) is 11.5 Å². The molecule has 1 aliphatic heterocycles. The first-order chi connectivity index (χ1) is 8.31. The summed E-state index contributed by atoms with van der Waals surface area (Å²) in [6.07, 6.45) is 2.97. The van der Waals surface area contributed by atoms with Crippen LogP contribution in [0.3, 0.4) is 0 Å². The van der Waals surface area contributed by atoms with Gasteiger partial charge in [-0.3, -0.25) is 4.79 Å². The Bertz CT molecular complexity index is 494. The Morgan fingerprint density at radius 2 is 2.12 bits per heavy atom. The third kappa shape index (κ3) is 1.45. The Morgan fingerprint density at radius 3 is 2.88 bits per heavy atom. The van der Waals surface area contributed by atoms with Gasteiger partial charge in [0.15, 0.2) is 11.5 Å². The van der Waals surface area contributed by atoms with Gasteiger partial charge in [-0.1, -0.05) is 6.07 Å². The molecule has 2 fully saturated rings. The zero-order chi connectivity index (χ0) is 11.4. The number of ketones is 1. The van der Waals surface area contributed by atoms with E-state index in [1.54, 1.807) is 0 Å². The first-order valence-corrected chi connectivity index (χ1v) is 6.22. The second-order valence-electron chi connectivity index (χ2n) is 5.33. The summed E-state index contributed by atoms with van der Waals surface area (Å²) in [5, 5.41) is 0. The summed E-state index contributed by atoms with van der Waals surface area (Å²) in [4.78, 5) is 12.1. The van der Waals surface area contributed by atoms with Gasteiger partial charge in [0.05, 0.1) is 0 Å². The second-order valence-corrected chi connectivity index (χ2v) is 5.33. The summed E-state index contributed by atoms with van der Waals surface area (Å²) in [6, 6.07) is 5.80. The van der Waals surface area contributed by atoms with E-state index in [-0.39, 0.29) is 0 Å². The molecule has 17 heavy (non-hydrogen) atoms. The molecule has 3 heteroatoms. The Labute approximate surface area is 99.7 Å². The maximum Gasteiger partial charge on any atom is 0.231 e. The average Bonchev–Trinajstić information content (AvgIpc) is 2.76. The van der Waals surface area contributed by atoms with E-state index in [9.17, 15) is 4.79 Å². The number of Topliss-reactive ketones (excluding diaryl/α,β-unsaturated/α-hetero) is 1. The van der Waals surface area contributed by atoms with Crippen LogP contribution in [0.5, 0.6) is 11.5 Å². The lowest BCUT2D eigenvalue weighted by atomic mass is 9.80. The third-order valence-electron chi connectivity index (χ3n) is 4.28. The van der Waals surface area contributed by atoms with Gasteiger partial charge in [0.25, 0.3) is 0 Å². The number of hydrogen-bond donors (Lipinski definition) is 0. The highest BCUT2D eigenvalue weighted by molar-refractivity contribution is 5.85. The van der Waals surface area contributed by atoms with Gasteiger partial charge in [-0.25, -0.2) is 0 Å². The molecule has 0 spiro atoms. The molecule has 0 radical (unpaired) electrons. The number of ether oxygens (including phenoxy) is 2. The molecule has 1 heterocycles. The van der Waals surface area contributed by atoms with Crippen LogP contribution in [0.15, 0.2) is 18.2 Å². The molecule has 1 aromatic carbocycles. The van der Waals surface area contributed by atoms with Crippen molar-refractivity contribution in [2.45, 2.75) is 19.3 Å². The molecule has 3 atom stereocenters. The SMILES string of the molecule is O=C(Cc1ccc2c(c1)OCO2)C1CC2CC21. The minimum absolute atomic E-state index is 0.291. The molecule has 0 bridgehead atoms. The number of benzene rings is 1. The highest BCUT2D eigenvalue weighted by Crippen LogP contribution is 2.60. The third-order valence-corrected chi connectivity index (χ3v) is 4.28. The molecule has 3 nitrogen and oxygen atoms in total. The fourth-order valence-electron chi connectivity index (χ4n) is 3.09. The van der Waals surface area contributed by atoms with Gasteiger partial charge in [-0.15, -0.1) is 0 Å². The average molecular weight is 230 g/mol. The Kier molecular flexibility index (Phi) is 1.82. The van der Waals surface area contributed by atoms with Crippen molar-refractivity contribution in [3.05, 3.63) is 23.8 Å². The van der Waals surface area contributed by atoms with E-state index in [1.807, 2.05) is 18.2 Å². The van der Waals surface area contributed by atoms with Crippen molar-refractivity contribution in [1.82, 2.24) is 0 Å². The topological polar surface area (TPSA) is 35.5 Å². The van der Waals surface area contributed by atoms with Gasteiger partial charge in [-0.05, 0) is 42.4 Å². The number of rotatable bonds is 3. The van der Waals surface area contributed by atoms with Crippen LogP contribution in [0.25, 0.3) is 0 Å². The molecule has 0 aromatic heterocycles. The highest BCUT2D eigenvalue weighted by atomic mass is 16.7. The minimum atomic E-state index is 0.291. The molecule has 2 saturated carbocycles. The van der Waals surface area contributed by atoms with E-state index in [4.69, 9.17) is 9.47 Å². The zero-order valence-corrected chi connectivity index (χ0v) is 9.52. The van der Waals surface area contributed by atoms with Crippen LogP contribution in [-0.2, 0) is 11.2 Å². The van der Waals surface area contributed by atoms with E-state index >= 15 is 0 Å². The van der Waals surface area contributed by atoms with Crippen LogP contribution in [0.4, 0.5) is 0 Å². The first kappa shape index (κ1) is 9.51. The van der Waals surface area contributed by atoms with Crippen LogP contribution >= 0.6 is 0 Å². The normalized spacial score (nSPS) is 31.6. The molecular weight excluding hydrogens is 216 g/mol. The Balaban J connectivity index is 1.49. The summed E-state index contributed by atoms with van der Waals surface area (Å²) < 4.78 is 10.6. The molecule has 3 aliphatic rings. The lowest BCUT2D eigenvalue weighted by Gasteiger charge is -2.23. The van der Waals surface area contributed by atoms with Crippen molar-refractivity contribution in [1.29, 1.82) is 0 Å². The van der Waals surface area contributed by atoms with Crippen LogP contribution < -0.4 is 9.47 Å². The quantitative estimate of drug-likeness (QED) is 0.798. The second kappa shape index (κ2) is 3.25. The molecule has 4 rings (SSSR count). The van der Waals surface area contributed by atoms with Gasteiger partial charge in [0, 0.05) is 12.3 Å². The van der Waals surface area contributed by atoms with Crippen molar-refractivity contribution in [2.75, 3.05) is 6.79 Å². The highest BCUT2D eigenvalue weighted by Gasteiger charge is 2.55. The monoisotopic (exact) mass is 230 g/mol. The van der Waals surface area contributed by atoms with E-state index in [1.165, 1.54) is 6.42 Å². The molecule has 3 unspecified atom stereocenters. The summed E-state index contributed by atoms with van der Waals surface area (Å²) in [6.45, 7) is 0.291. The number of hydrogen-bond acceptors (Lipinski definition) is 3. The molecule has 0 N–H and O–H groups in total. The summed E-state index contributed by atoms with van der Waals surface area (Å²) in [7, 11) is 0. The molecular formula is C14H14O3. The van der Waals surface area contributed by atoms with Crippen LogP contribution in [-0.4, -0.2) is 12.6 Å². The van der Waals surface area contributed by atoms with Gasteiger partial charge in [0.2, 0.25) is 6.79 Å². The predicted molar refractivity (Wildman–Crippen MR) is 61.0 cm³/mol. The van der Waals surface area contributed by atoms with Crippen LogP contribution in [0, 0.1) is 17.8 Å². The lowest BCUT2D eigenvalue weighted by molar-refractivity contribution is -0.125.